The van der Waals surface area contributed by atoms with Gasteiger partial charge in [-0.3, -0.25) is 4.79 Å². The van der Waals surface area contributed by atoms with Gasteiger partial charge in [0.15, 0.2) is 0 Å². The second-order valence-electron chi connectivity index (χ2n) is 11.9. The number of halogens is 1. The summed E-state index contributed by atoms with van der Waals surface area (Å²) in [5, 5.41) is 25.8. The van der Waals surface area contributed by atoms with Gasteiger partial charge in [-0.2, -0.15) is 0 Å². The molecule has 0 aromatic carbocycles. The van der Waals surface area contributed by atoms with E-state index < -0.39 is 6.10 Å². The molecular formula is C34H37BrN4O4. The van der Waals surface area contributed by atoms with Crippen molar-refractivity contribution in [3.63, 3.8) is 0 Å². The fourth-order valence-electron chi connectivity index (χ4n) is 7.12. The lowest BCUT2D eigenvalue weighted by molar-refractivity contribution is -0.140. The van der Waals surface area contributed by atoms with Crippen molar-refractivity contribution in [2.45, 2.75) is 73.3 Å². The maximum atomic E-state index is 12.2. The fraction of sp³-hybridized carbons (Fsp3) is 0.412. The number of ether oxygens (including phenoxy) is 1. The van der Waals surface area contributed by atoms with E-state index in [1.165, 1.54) is 7.11 Å². The summed E-state index contributed by atoms with van der Waals surface area (Å²) in [7, 11) is 1.41. The zero-order valence-electron chi connectivity index (χ0n) is 25.6. The van der Waals surface area contributed by atoms with Gasteiger partial charge in [-0.1, -0.05) is 13.8 Å². The Morgan fingerprint density at radius 1 is 1.09 bits per heavy atom. The van der Waals surface area contributed by atoms with E-state index in [0.29, 0.717) is 24.3 Å². The van der Waals surface area contributed by atoms with Gasteiger partial charge in [0, 0.05) is 52.8 Å². The van der Waals surface area contributed by atoms with Crippen molar-refractivity contribution in [3.05, 3.63) is 89.9 Å². The summed E-state index contributed by atoms with van der Waals surface area (Å²) >= 11 is 3.90. The summed E-state index contributed by atoms with van der Waals surface area (Å²) in [4.78, 5) is 27.4. The van der Waals surface area contributed by atoms with Gasteiger partial charge in [0.2, 0.25) is 0 Å². The van der Waals surface area contributed by atoms with Crippen LogP contribution in [0.1, 0.15) is 67.2 Å². The summed E-state index contributed by atoms with van der Waals surface area (Å²) in [6, 6.07) is 0. The molecule has 0 amide bonds. The predicted octanol–water partition coefficient (Wildman–Crippen LogP) is 6.71. The summed E-state index contributed by atoms with van der Waals surface area (Å²) in [5.74, 6) is 0.00134. The molecule has 5 aliphatic heterocycles. The van der Waals surface area contributed by atoms with Gasteiger partial charge in [0.25, 0.3) is 0 Å². The zero-order valence-corrected chi connectivity index (χ0v) is 27.2. The predicted molar refractivity (Wildman–Crippen MR) is 173 cm³/mol. The second kappa shape index (κ2) is 10.9. The van der Waals surface area contributed by atoms with Crippen LogP contribution < -0.4 is 5.32 Å². The Hall–Kier alpha value is -3.56. The van der Waals surface area contributed by atoms with Crippen LogP contribution in [0.5, 0.6) is 0 Å². The third kappa shape index (κ3) is 4.59. The van der Waals surface area contributed by atoms with Crippen molar-refractivity contribution in [1.82, 2.24) is 5.32 Å². The molecule has 6 rings (SSSR count). The molecule has 0 saturated carbocycles. The van der Waals surface area contributed by atoms with E-state index in [4.69, 9.17) is 19.7 Å². The molecule has 43 heavy (non-hydrogen) atoms. The molecule has 1 fully saturated rings. The number of allylic oxidation sites excluding steroid dienone is 11. The first-order chi connectivity index (χ1) is 20.5. The Labute approximate surface area is 260 Å². The first kappa shape index (κ1) is 29.5. The molecule has 0 radical (unpaired) electrons. The first-order valence-electron chi connectivity index (χ1n) is 14.9. The molecule has 8 nitrogen and oxygen atoms in total. The van der Waals surface area contributed by atoms with Crippen molar-refractivity contribution in [2.24, 2.45) is 26.8 Å². The molecule has 224 valence electrons. The molecule has 5 heterocycles. The van der Waals surface area contributed by atoms with E-state index in [1.54, 1.807) is 6.92 Å². The standard InChI is InChI=1S/C34H37BrN4O4/c1-8-19-14(2)22-13-25-28(18(6)40)17(5)32(38-25)30(35)31-15(3)20(9-10-27(42)43-7)33(39-31)21-11-26(41)29-16(4)23(37-34(21)29)12-24(19)36-22/h12-13,15,18,20,39-41H,8-11H2,1-7H3/t15-,18+,20-/m0/s1. The number of rotatable bonds is 5. The second-order valence-corrected chi connectivity index (χ2v) is 12.7. The third-order valence-electron chi connectivity index (χ3n) is 9.48. The van der Waals surface area contributed by atoms with E-state index >= 15 is 0 Å². The molecule has 1 aliphatic carbocycles. The van der Waals surface area contributed by atoms with E-state index in [2.05, 4.69) is 42.0 Å². The van der Waals surface area contributed by atoms with Gasteiger partial charge in [-0.25, -0.2) is 15.0 Å². The molecule has 9 heteroatoms. The lowest BCUT2D eigenvalue weighted by atomic mass is 9.86. The molecule has 6 aliphatic rings. The number of nitrogens with zero attached hydrogens (tertiary/aromatic N) is 3. The van der Waals surface area contributed by atoms with Crippen molar-refractivity contribution in [2.75, 3.05) is 7.11 Å². The molecule has 1 saturated heterocycles. The lowest BCUT2D eigenvalue weighted by Gasteiger charge is -2.17. The van der Waals surface area contributed by atoms with Crippen LogP contribution in [0.4, 0.5) is 0 Å². The largest absolute Gasteiger partial charge is 0.511 e. The number of aliphatic imine (C=N–C) groups is 3. The molecule has 3 N–H and O–H groups in total. The normalized spacial score (nSPS) is 25.5. The summed E-state index contributed by atoms with van der Waals surface area (Å²) in [6.45, 7) is 12.1. The minimum absolute atomic E-state index is 0.00253. The van der Waals surface area contributed by atoms with Crippen molar-refractivity contribution < 1.29 is 19.7 Å². The van der Waals surface area contributed by atoms with Gasteiger partial charge in [-0.05, 0) is 90.9 Å². The average molecular weight is 646 g/mol. The quantitative estimate of drug-likeness (QED) is 0.288. The molecule has 3 atom stereocenters. The Kier molecular flexibility index (Phi) is 7.45. The molecular weight excluding hydrogens is 608 g/mol. The Morgan fingerprint density at radius 3 is 2.51 bits per heavy atom. The molecule has 0 aromatic rings. The maximum Gasteiger partial charge on any atom is 0.305 e. The number of methoxy groups -OCH3 is 1. The van der Waals surface area contributed by atoms with Gasteiger partial charge in [0.05, 0.1) is 51.9 Å². The van der Waals surface area contributed by atoms with Crippen LogP contribution in [-0.2, 0) is 9.53 Å². The number of hydrogen-bond donors (Lipinski definition) is 3. The van der Waals surface area contributed by atoms with Crippen LogP contribution in [0, 0.1) is 11.8 Å². The van der Waals surface area contributed by atoms with Gasteiger partial charge < -0.3 is 20.3 Å². The van der Waals surface area contributed by atoms with E-state index in [-0.39, 0.29) is 24.2 Å². The highest BCUT2D eigenvalue weighted by molar-refractivity contribution is 9.12. The number of aliphatic hydroxyl groups is 2. The van der Waals surface area contributed by atoms with Crippen LogP contribution in [0.3, 0.4) is 0 Å². The van der Waals surface area contributed by atoms with Gasteiger partial charge in [0.1, 0.15) is 5.76 Å². The Morgan fingerprint density at radius 2 is 1.84 bits per heavy atom. The topological polar surface area (TPSA) is 116 Å². The number of carbonyl (C=O) groups is 1. The van der Waals surface area contributed by atoms with E-state index in [0.717, 1.165) is 89.8 Å². The number of carbonyl (C=O) groups excluding carboxylic acids is 1. The smallest absolute Gasteiger partial charge is 0.305 e. The Balaban J connectivity index is 1.63. The van der Waals surface area contributed by atoms with Crippen LogP contribution in [0.2, 0.25) is 0 Å². The van der Waals surface area contributed by atoms with Crippen molar-refractivity contribution in [3.8, 4) is 0 Å². The summed E-state index contributed by atoms with van der Waals surface area (Å²) in [5.41, 5.74) is 13.1. The highest BCUT2D eigenvalue weighted by Crippen LogP contribution is 2.48. The van der Waals surface area contributed by atoms with Crippen LogP contribution >= 0.6 is 15.9 Å². The number of fused-ring (bicyclic) bond motifs is 5. The number of aliphatic hydroxyl groups excluding tert-OH is 2. The monoisotopic (exact) mass is 644 g/mol. The molecule has 0 aromatic heterocycles. The van der Waals surface area contributed by atoms with Gasteiger partial charge >= 0.3 is 5.97 Å². The van der Waals surface area contributed by atoms with E-state index in [1.807, 2.05) is 26.0 Å². The highest BCUT2D eigenvalue weighted by Gasteiger charge is 2.42. The van der Waals surface area contributed by atoms with Gasteiger partial charge in [-0.15, -0.1) is 0 Å². The molecule has 8 bridgehead atoms. The maximum absolute atomic E-state index is 12.2. The lowest BCUT2D eigenvalue weighted by Crippen LogP contribution is -2.16. The van der Waals surface area contributed by atoms with Crippen LogP contribution in [-0.4, -0.2) is 46.5 Å². The summed E-state index contributed by atoms with van der Waals surface area (Å²) < 4.78 is 5.78. The fourth-order valence-corrected chi connectivity index (χ4v) is 7.97. The zero-order chi connectivity index (χ0) is 30.9. The molecule has 0 spiro atoms. The number of hydrogen-bond acceptors (Lipinski definition) is 8. The third-order valence-corrected chi connectivity index (χ3v) is 10.3. The minimum atomic E-state index is -0.726. The number of nitrogens with one attached hydrogen (secondary N) is 1. The van der Waals surface area contributed by atoms with Crippen molar-refractivity contribution >= 4 is 39.0 Å². The Bertz CT molecular complexity index is 1740. The SMILES string of the molecule is CCC1=C(C)C2=NC1=CC1=C(C)C3=C(O)CC(=C4NC(=C(Br)C5=NC(=C2)C([C@@H](C)O)=C5C)[C@@H](C)[C@@H]4CCC(=O)OC)C3=N1. The number of esters is 1. The minimum Gasteiger partial charge on any atom is -0.511 e. The van der Waals surface area contributed by atoms with Crippen LogP contribution in [0.25, 0.3) is 0 Å². The van der Waals surface area contributed by atoms with Crippen LogP contribution in [0.15, 0.2) is 105 Å². The summed E-state index contributed by atoms with van der Waals surface area (Å²) in [6.07, 6.45) is 5.27. The van der Waals surface area contributed by atoms with Crippen molar-refractivity contribution in [1.29, 1.82) is 0 Å². The van der Waals surface area contributed by atoms with E-state index in [9.17, 15) is 15.0 Å². The average Bonchev–Trinajstić information content (AvgIpc) is 3.72. The molecule has 0 unspecified atom stereocenters. The highest BCUT2D eigenvalue weighted by atomic mass is 79.9. The first-order valence-corrected chi connectivity index (χ1v) is 15.7.